The molecule has 136 valence electrons. The van der Waals surface area contributed by atoms with Crippen molar-refractivity contribution in [1.82, 2.24) is 19.4 Å². The molecule has 1 amide bonds. The molecule has 0 unspecified atom stereocenters. The highest BCUT2D eigenvalue weighted by molar-refractivity contribution is 5.76. The first kappa shape index (κ1) is 17.7. The van der Waals surface area contributed by atoms with Gasteiger partial charge in [0.2, 0.25) is 5.91 Å². The van der Waals surface area contributed by atoms with Crippen LogP contribution >= 0.6 is 0 Å². The molecule has 0 fully saturated rings. The number of amides is 1. The predicted octanol–water partition coefficient (Wildman–Crippen LogP) is 1.52. The fourth-order valence-corrected chi connectivity index (χ4v) is 3.08. The van der Waals surface area contributed by atoms with E-state index in [0.29, 0.717) is 12.5 Å². The maximum Gasteiger partial charge on any atom is 0.248 e. The highest BCUT2D eigenvalue weighted by Crippen LogP contribution is 2.19. The smallest absolute Gasteiger partial charge is 0.248 e. The molecule has 1 atom stereocenters. The van der Waals surface area contributed by atoms with E-state index in [-0.39, 0.29) is 12.5 Å². The second-order valence-corrected chi connectivity index (χ2v) is 6.85. The Morgan fingerprint density at radius 1 is 1.40 bits per heavy atom. The molecule has 7 heteroatoms. The number of aryl methyl sites for hydroxylation is 1. The summed E-state index contributed by atoms with van der Waals surface area (Å²) in [5.74, 6) is 3.21. The molecule has 0 spiro atoms. The number of fused-ring (bicyclic) bond motifs is 1. The van der Waals surface area contributed by atoms with E-state index < -0.39 is 0 Å². The lowest BCUT2D eigenvalue weighted by molar-refractivity contribution is -0.134. The topological polar surface area (TPSA) is 63.7 Å². The van der Waals surface area contributed by atoms with Gasteiger partial charge in [-0.3, -0.25) is 9.69 Å². The molecule has 0 aliphatic carbocycles. The Hall–Kier alpha value is -2.12. The molecule has 1 aliphatic rings. The fraction of sp³-hybridized carbons (Fsp3) is 0.556. The van der Waals surface area contributed by atoms with Crippen molar-refractivity contribution in [2.45, 2.75) is 26.6 Å². The number of rotatable bonds is 6. The number of carbonyl (C=O) groups excluding carboxylic acids is 1. The second kappa shape index (κ2) is 7.84. The molecule has 0 N–H and O–H groups in total. The Morgan fingerprint density at radius 3 is 2.96 bits per heavy atom. The van der Waals surface area contributed by atoms with Crippen LogP contribution in [0.1, 0.15) is 17.3 Å². The van der Waals surface area contributed by atoms with Gasteiger partial charge in [-0.1, -0.05) is 0 Å². The van der Waals surface area contributed by atoms with Crippen molar-refractivity contribution in [2.75, 3.05) is 33.9 Å². The van der Waals surface area contributed by atoms with Crippen LogP contribution in [0.3, 0.4) is 0 Å². The highest BCUT2D eigenvalue weighted by atomic mass is 16.5. The summed E-state index contributed by atoms with van der Waals surface area (Å²) in [5, 5.41) is 0. The summed E-state index contributed by atoms with van der Waals surface area (Å²) in [6.07, 6.45) is 3.84. The van der Waals surface area contributed by atoms with Gasteiger partial charge in [-0.25, -0.2) is 4.98 Å². The Balaban J connectivity index is 1.63. The van der Waals surface area contributed by atoms with Crippen LogP contribution < -0.4 is 0 Å². The van der Waals surface area contributed by atoms with Gasteiger partial charge in [0, 0.05) is 45.5 Å². The summed E-state index contributed by atoms with van der Waals surface area (Å²) < 4.78 is 13.6. The van der Waals surface area contributed by atoms with Crippen molar-refractivity contribution in [2.24, 2.45) is 5.92 Å². The van der Waals surface area contributed by atoms with Gasteiger partial charge in [-0.15, -0.1) is 0 Å². The van der Waals surface area contributed by atoms with Crippen LogP contribution in [0.4, 0.5) is 0 Å². The Bertz CT molecular complexity index is 707. The molecule has 7 nitrogen and oxygen atoms in total. The van der Waals surface area contributed by atoms with Crippen LogP contribution in [0.25, 0.3) is 0 Å². The van der Waals surface area contributed by atoms with E-state index in [4.69, 9.17) is 9.15 Å². The van der Waals surface area contributed by atoms with Gasteiger partial charge in [-0.2, -0.15) is 0 Å². The van der Waals surface area contributed by atoms with E-state index >= 15 is 0 Å². The van der Waals surface area contributed by atoms with Crippen LogP contribution in [0, 0.1) is 12.8 Å². The summed E-state index contributed by atoms with van der Waals surface area (Å²) in [6, 6.07) is 4.01. The van der Waals surface area contributed by atoms with E-state index in [1.54, 1.807) is 19.0 Å². The summed E-state index contributed by atoms with van der Waals surface area (Å²) in [5.41, 5.74) is 0. The summed E-state index contributed by atoms with van der Waals surface area (Å²) >= 11 is 0. The van der Waals surface area contributed by atoms with Gasteiger partial charge in [0.05, 0.1) is 19.7 Å². The number of imidazole rings is 1. The lowest BCUT2D eigenvalue weighted by Gasteiger charge is -2.23. The van der Waals surface area contributed by atoms with Gasteiger partial charge in [0.15, 0.2) is 0 Å². The third-order valence-corrected chi connectivity index (χ3v) is 4.39. The Labute approximate surface area is 148 Å². The third-order valence-electron chi connectivity index (χ3n) is 4.39. The zero-order valence-corrected chi connectivity index (χ0v) is 15.1. The molecule has 0 radical (unpaired) electrons. The predicted molar refractivity (Wildman–Crippen MR) is 92.8 cm³/mol. The largest absolute Gasteiger partial charge is 0.465 e. The van der Waals surface area contributed by atoms with Gasteiger partial charge in [0.25, 0.3) is 0 Å². The first-order valence-corrected chi connectivity index (χ1v) is 8.57. The maximum atomic E-state index is 11.7. The molecule has 0 aromatic carbocycles. The number of aromatic nitrogens is 2. The molecular weight excluding hydrogens is 320 g/mol. The molecular formula is C18H26N4O3. The molecule has 0 saturated carbocycles. The molecule has 2 aromatic rings. The zero-order valence-electron chi connectivity index (χ0n) is 15.1. The number of hydrogen-bond donors (Lipinski definition) is 0. The number of carbonyl (C=O) groups is 1. The summed E-state index contributed by atoms with van der Waals surface area (Å²) in [6.45, 7) is 5.87. The number of furan rings is 1. The van der Waals surface area contributed by atoms with Crippen molar-refractivity contribution in [3.63, 3.8) is 0 Å². The second-order valence-electron chi connectivity index (χ2n) is 6.85. The quantitative estimate of drug-likeness (QED) is 0.794. The summed E-state index contributed by atoms with van der Waals surface area (Å²) in [4.78, 5) is 20.0. The van der Waals surface area contributed by atoms with E-state index in [0.717, 1.165) is 43.5 Å². The number of nitrogens with zero attached hydrogens (tertiary/aromatic N) is 4. The first-order valence-electron chi connectivity index (χ1n) is 8.57. The number of likely N-dealkylation sites (N-methyl/N-ethyl adjacent to an activating group) is 1. The van der Waals surface area contributed by atoms with Crippen molar-refractivity contribution >= 4 is 5.91 Å². The molecule has 0 bridgehead atoms. The van der Waals surface area contributed by atoms with Crippen molar-refractivity contribution in [3.8, 4) is 0 Å². The standard InChI is InChI=1S/C18H26N4O3/c1-14-4-5-16(25-14)10-21-8-15(12-24-13-18(23)20(2)3)9-22-7-6-19-17(22)11-21/h4-7,15H,8-13H2,1-3H3/t15-/m1/s1. The van der Waals surface area contributed by atoms with E-state index in [1.807, 2.05) is 31.5 Å². The minimum atomic E-state index is -0.0140. The molecule has 3 heterocycles. The van der Waals surface area contributed by atoms with Crippen LogP contribution in [-0.4, -0.2) is 59.1 Å². The lowest BCUT2D eigenvalue weighted by atomic mass is 10.1. The van der Waals surface area contributed by atoms with E-state index in [1.165, 1.54) is 0 Å². The Morgan fingerprint density at radius 2 is 2.24 bits per heavy atom. The third kappa shape index (κ3) is 4.70. The average molecular weight is 346 g/mol. The lowest BCUT2D eigenvalue weighted by Crippen LogP contribution is -2.32. The molecule has 2 aromatic heterocycles. The normalized spacial score (nSPS) is 18.0. The molecule has 3 rings (SSSR count). The van der Waals surface area contributed by atoms with E-state index in [2.05, 4.69) is 14.5 Å². The van der Waals surface area contributed by atoms with E-state index in [9.17, 15) is 4.79 Å². The average Bonchev–Trinajstić information content (AvgIpc) is 3.12. The van der Waals surface area contributed by atoms with Crippen LogP contribution in [-0.2, 0) is 29.2 Å². The van der Waals surface area contributed by atoms with Gasteiger partial charge < -0.3 is 18.6 Å². The van der Waals surface area contributed by atoms with Crippen LogP contribution in [0.15, 0.2) is 28.9 Å². The van der Waals surface area contributed by atoms with Crippen LogP contribution in [0.2, 0.25) is 0 Å². The van der Waals surface area contributed by atoms with Gasteiger partial charge >= 0.3 is 0 Å². The van der Waals surface area contributed by atoms with Crippen molar-refractivity contribution < 1.29 is 13.9 Å². The van der Waals surface area contributed by atoms with Crippen molar-refractivity contribution in [1.29, 1.82) is 0 Å². The van der Waals surface area contributed by atoms with Crippen LogP contribution in [0.5, 0.6) is 0 Å². The molecule has 1 aliphatic heterocycles. The van der Waals surface area contributed by atoms with Gasteiger partial charge in [0.1, 0.15) is 24.0 Å². The molecule has 25 heavy (non-hydrogen) atoms. The highest BCUT2D eigenvalue weighted by Gasteiger charge is 2.23. The SMILES string of the molecule is Cc1ccc(CN2Cc3nccn3C[C@H](COCC(=O)N(C)C)C2)o1. The summed E-state index contributed by atoms with van der Waals surface area (Å²) in [7, 11) is 3.48. The maximum absolute atomic E-state index is 11.7. The zero-order chi connectivity index (χ0) is 17.8. The van der Waals surface area contributed by atoms with Gasteiger partial charge in [-0.05, 0) is 19.1 Å². The van der Waals surface area contributed by atoms with Crippen molar-refractivity contribution in [3.05, 3.63) is 41.9 Å². The monoisotopic (exact) mass is 346 g/mol. The number of ether oxygens (including phenoxy) is 1. The minimum Gasteiger partial charge on any atom is -0.465 e. The minimum absolute atomic E-state index is 0.0140. The number of hydrogen-bond acceptors (Lipinski definition) is 5. The fourth-order valence-electron chi connectivity index (χ4n) is 3.08. The molecule has 0 saturated heterocycles. The first-order chi connectivity index (χ1) is 12.0. The Kier molecular flexibility index (Phi) is 5.55.